The van der Waals surface area contributed by atoms with Crippen molar-refractivity contribution in [2.75, 3.05) is 0 Å². The highest BCUT2D eigenvalue weighted by Gasteiger charge is 2.38. The molecule has 7 aromatic carbocycles. The molecule has 0 spiro atoms. The van der Waals surface area contributed by atoms with Crippen molar-refractivity contribution in [2.45, 2.75) is 19.3 Å². The van der Waals surface area contributed by atoms with Gasteiger partial charge in [0.15, 0.2) is 29.4 Å². The molecule has 0 radical (unpaired) electrons. The third kappa shape index (κ3) is 4.88. The van der Waals surface area contributed by atoms with Crippen LogP contribution in [0.15, 0.2) is 167 Å². The molecule has 3 aromatic heterocycles. The van der Waals surface area contributed by atoms with Gasteiger partial charge in [0, 0.05) is 38.4 Å². The number of aromatic nitrogens is 4. The van der Waals surface area contributed by atoms with E-state index in [1.165, 1.54) is 22.3 Å². The first-order valence-corrected chi connectivity index (χ1v) is 18.5. The topological polar surface area (TPSA) is 77.8 Å². The van der Waals surface area contributed by atoms with Gasteiger partial charge in [0.2, 0.25) is 0 Å². The number of rotatable bonds is 5. The fourth-order valence-corrected chi connectivity index (χ4v) is 8.45. The maximum Gasteiger partial charge on any atom is 0.181 e. The van der Waals surface area contributed by atoms with Crippen LogP contribution in [0.4, 0.5) is 0 Å². The first-order valence-electron chi connectivity index (χ1n) is 18.5. The van der Waals surface area contributed by atoms with Crippen LogP contribution in [0.1, 0.15) is 25.0 Å². The number of para-hydroxylation sites is 1. The lowest BCUT2D eigenvalue weighted by Crippen LogP contribution is -2.15. The summed E-state index contributed by atoms with van der Waals surface area (Å²) in [5, 5.41) is 2.14. The lowest BCUT2D eigenvalue weighted by atomic mass is 9.81. The molecule has 0 saturated carbocycles. The Balaban J connectivity index is 1.06. The molecule has 260 valence electrons. The maximum atomic E-state index is 6.77. The zero-order valence-corrected chi connectivity index (χ0v) is 30.1. The second kappa shape index (κ2) is 11.9. The number of hydrogen-bond donors (Lipinski definition) is 0. The van der Waals surface area contributed by atoms with E-state index in [1.54, 1.807) is 6.39 Å². The molecule has 3 heterocycles. The molecular weight excluding hydrogens is 677 g/mol. The van der Waals surface area contributed by atoms with E-state index >= 15 is 0 Å². The average molecular weight is 709 g/mol. The van der Waals surface area contributed by atoms with Gasteiger partial charge in [-0.15, -0.1) is 0 Å². The standard InChI is InChI=1S/C49H32N4O2/c1-49(2)39-27-32(20-21-36(39)37-24-25-41-44(43(37)49)50-28-54-41)35-23-22-34(42-38-18-9-10-19-40(38)55-45(35)42)31-16-11-17-33(26-31)48-52-46(29-12-5-3-6-13-29)51-47(53-48)30-14-7-4-8-15-30/h3-28H,1-2H3. The van der Waals surface area contributed by atoms with E-state index in [9.17, 15) is 0 Å². The zero-order valence-electron chi connectivity index (χ0n) is 30.1. The van der Waals surface area contributed by atoms with Crippen LogP contribution >= 0.6 is 0 Å². The molecule has 10 aromatic rings. The van der Waals surface area contributed by atoms with Crippen molar-refractivity contribution in [3.05, 3.63) is 169 Å². The summed E-state index contributed by atoms with van der Waals surface area (Å²) in [6.07, 6.45) is 1.54. The number of benzene rings is 7. The average Bonchev–Trinajstić information content (AvgIpc) is 3.94. The van der Waals surface area contributed by atoms with E-state index < -0.39 is 0 Å². The summed E-state index contributed by atoms with van der Waals surface area (Å²) in [6.45, 7) is 4.56. The second-order valence-electron chi connectivity index (χ2n) is 14.7. The van der Waals surface area contributed by atoms with Gasteiger partial charge in [0.1, 0.15) is 16.7 Å². The van der Waals surface area contributed by atoms with Gasteiger partial charge in [-0.1, -0.05) is 135 Å². The highest BCUT2D eigenvalue weighted by Crippen LogP contribution is 2.52. The van der Waals surface area contributed by atoms with Gasteiger partial charge < -0.3 is 8.83 Å². The Morgan fingerprint density at radius 3 is 1.84 bits per heavy atom. The monoisotopic (exact) mass is 708 g/mol. The summed E-state index contributed by atoms with van der Waals surface area (Å²) in [4.78, 5) is 19.5. The quantitative estimate of drug-likeness (QED) is 0.177. The largest absolute Gasteiger partial charge is 0.455 e. The Bertz CT molecular complexity index is 3070. The molecule has 0 amide bonds. The van der Waals surface area contributed by atoms with Crippen LogP contribution < -0.4 is 0 Å². The number of oxazole rings is 1. The molecule has 0 fully saturated rings. The van der Waals surface area contributed by atoms with Gasteiger partial charge in [-0.05, 0) is 69.3 Å². The van der Waals surface area contributed by atoms with Crippen molar-refractivity contribution in [1.82, 2.24) is 19.9 Å². The van der Waals surface area contributed by atoms with Crippen LogP contribution in [0.2, 0.25) is 0 Å². The normalized spacial score (nSPS) is 13.1. The van der Waals surface area contributed by atoms with Crippen LogP contribution in [0, 0.1) is 0 Å². The van der Waals surface area contributed by atoms with Crippen molar-refractivity contribution in [3.63, 3.8) is 0 Å². The number of furan rings is 1. The van der Waals surface area contributed by atoms with Gasteiger partial charge in [0.05, 0.1) is 0 Å². The summed E-state index contributed by atoms with van der Waals surface area (Å²) in [6, 6.07) is 52.3. The molecule has 0 saturated heterocycles. The number of nitrogens with zero attached hydrogens (tertiary/aromatic N) is 4. The van der Waals surface area contributed by atoms with E-state index in [4.69, 9.17) is 23.8 Å². The van der Waals surface area contributed by atoms with Crippen LogP contribution in [-0.2, 0) is 5.41 Å². The van der Waals surface area contributed by atoms with E-state index in [-0.39, 0.29) is 5.41 Å². The van der Waals surface area contributed by atoms with Crippen LogP contribution in [0.3, 0.4) is 0 Å². The molecular formula is C49H32N4O2. The summed E-state index contributed by atoms with van der Waals surface area (Å²) in [7, 11) is 0. The minimum absolute atomic E-state index is 0.264. The summed E-state index contributed by atoms with van der Waals surface area (Å²) < 4.78 is 12.5. The van der Waals surface area contributed by atoms with Crippen molar-refractivity contribution in [3.8, 4) is 67.5 Å². The molecule has 0 bridgehead atoms. The first-order chi connectivity index (χ1) is 27.0. The van der Waals surface area contributed by atoms with Gasteiger partial charge >= 0.3 is 0 Å². The molecule has 0 atom stereocenters. The van der Waals surface area contributed by atoms with Crippen LogP contribution in [0.25, 0.3) is 101 Å². The minimum Gasteiger partial charge on any atom is -0.455 e. The number of hydrogen-bond acceptors (Lipinski definition) is 6. The Kier molecular flexibility index (Phi) is 6.79. The highest BCUT2D eigenvalue weighted by molar-refractivity contribution is 6.16. The predicted molar refractivity (Wildman–Crippen MR) is 219 cm³/mol. The first kappa shape index (κ1) is 31.4. The van der Waals surface area contributed by atoms with E-state index in [0.29, 0.717) is 17.5 Å². The second-order valence-corrected chi connectivity index (χ2v) is 14.7. The fourth-order valence-electron chi connectivity index (χ4n) is 8.45. The van der Waals surface area contributed by atoms with E-state index in [2.05, 4.69) is 91.6 Å². The summed E-state index contributed by atoms with van der Waals surface area (Å²) in [5.74, 6) is 1.88. The summed E-state index contributed by atoms with van der Waals surface area (Å²) >= 11 is 0. The third-order valence-corrected chi connectivity index (χ3v) is 11.1. The van der Waals surface area contributed by atoms with Gasteiger partial charge in [-0.2, -0.15) is 0 Å². The van der Waals surface area contributed by atoms with E-state index in [1.807, 2.05) is 78.9 Å². The lowest BCUT2D eigenvalue weighted by Gasteiger charge is -2.22. The molecule has 0 aliphatic heterocycles. The maximum absolute atomic E-state index is 6.77. The smallest absolute Gasteiger partial charge is 0.181 e. The third-order valence-electron chi connectivity index (χ3n) is 11.1. The molecule has 11 rings (SSSR count). The number of fused-ring (bicyclic) bond motifs is 8. The fraction of sp³-hybridized carbons (Fsp3) is 0.0612. The molecule has 1 aliphatic carbocycles. The Morgan fingerprint density at radius 1 is 0.473 bits per heavy atom. The molecule has 0 N–H and O–H groups in total. The van der Waals surface area contributed by atoms with Gasteiger partial charge in [-0.25, -0.2) is 19.9 Å². The minimum atomic E-state index is -0.264. The molecule has 1 aliphatic rings. The predicted octanol–water partition coefficient (Wildman–Crippen LogP) is 12.6. The van der Waals surface area contributed by atoms with Crippen molar-refractivity contribution in [2.24, 2.45) is 0 Å². The Morgan fingerprint density at radius 2 is 1.07 bits per heavy atom. The van der Waals surface area contributed by atoms with Crippen molar-refractivity contribution < 1.29 is 8.83 Å². The van der Waals surface area contributed by atoms with Crippen molar-refractivity contribution in [1.29, 1.82) is 0 Å². The SMILES string of the molecule is CC1(C)c2cc(-c3ccc(-c4cccc(-c5nc(-c6ccccc6)nc(-c6ccccc6)n5)c4)c4c3oc3ccccc34)ccc2-c2ccc3ocnc3c21. The van der Waals surface area contributed by atoms with Crippen LogP contribution in [0.5, 0.6) is 0 Å². The molecule has 0 unspecified atom stereocenters. The van der Waals surface area contributed by atoms with Gasteiger partial charge in [-0.3, -0.25) is 0 Å². The lowest BCUT2D eigenvalue weighted by molar-refractivity contribution is 0.602. The highest BCUT2D eigenvalue weighted by atomic mass is 16.3. The molecule has 55 heavy (non-hydrogen) atoms. The summed E-state index contributed by atoms with van der Waals surface area (Å²) in [5.41, 5.74) is 15.1. The van der Waals surface area contributed by atoms with E-state index in [0.717, 1.165) is 72.0 Å². The Hall–Kier alpha value is -7.18. The Labute approximate surface area is 316 Å². The van der Waals surface area contributed by atoms with Crippen molar-refractivity contribution >= 4 is 33.0 Å². The van der Waals surface area contributed by atoms with Gasteiger partial charge in [0.25, 0.3) is 0 Å². The zero-order chi connectivity index (χ0) is 36.7. The molecule has 6 nitrogen and oxygen atoms in total. The van der Waals surface area contributed by atoms with Crippen LogP contribution in [-0.4, -0.2) is 19.9 Å². The molecule has 6 heteroatoms.